The Hall–Kier alpha value is -2.38. The molecule has 1 aromatic heterocycles. The first kappa shape index (κ1) is 18.0. The van der Waals surface area contributed by atoms with Crippen molar-refractivity contribution >= 4 is 5.69 Å². The fourth-order valence-electron chi connectivity index (χ4n) is 2.63. The molecule has 0 spiro atoms. The van der Waals surface area contributed by atoms with Crippen molar-refractivity contribution < 1.29 is 0 Å². The number of nitrogens with zero attached hydrogens (tertiary/aromatic N) is 3. The zero-order valence-electron chi connectivity index (χ0n) is 14.4. The highest BCUT2D eigenvalue weighted by Gasteiger charge is 2.04. The smallest absolute Gasteiger partial charge is 0.140 e. The third-order valence-electron chi connectivity index (χ3n) is 4.06. The van der Waals surface area contributed by atoms with Crippen molar-refractivity contribution in [2.45, 2.75) is 26.2 Å². The molecular formula is C20H26N4. The van der Waals surface area contributed by atoms with Crippen LogP contribution in [0, 0.1) is 11.3 Å². The molecule has 0 fully saturated rings. The number of benzene rings is 1. The van der Waals surface area contributed by atoms with E-state index in [4.69, 9.17) is 5.26 Å². The predicted molar refractivity (Wildman–Crippen MR) is 98.9 cm³/mol. The summed E-state index contributed by atoms with van der Waals surface area (Å²) in [6.45, 7) is 6.34. The van der Waals surface area contributed by atoms with Crippen molar-refractivity contribution in [3.63, 3.8) is 0 Å². The molecule has 0 aliphatic rings. The second kappa shape index (κ2) is 10.4. The van der Waals surface area contributed by atoms with Crippen LogP contribution in [-0.4, -0.2) is 36.1 Å². The van der Waals surface area contributed by atoms with Crippen LogP contribution in [-0.2, 0) is 6.42 Å². The maximum atomic E-state index is 8.91. The topological polar surface area (TPSA) is 52.0 Å². The number of unbranched alkanes of at least 4 members (excludes halogenated alkanes) is 1. The highest BCUT2D eigenvalue weighted by Crippen LogP contribution is 2.06. The summed E-state index contributed by atoms with van der Waals surface area (Å²) in [5.41, 5.74) is 2.69. The molecule has 0 saturated carbocycles. The van der Waals surface area contributed by atoms with Gasteiger partial charge in [0.1, 0.15) is 11.8 Å². The van der Waals surface area contributed by atoms with E-state index in [0.29, 0.717) is 5.69 Å². The fraction of sp³-hybridized carbons (Fsp3) is 0.400. The fourth-order valence-corrected chi connectivity index (χ4v) is 2.63. The monoisotopic (exact) mass is 322 g/mol. The lowest BCUT2D eigenvalue weighted by Crippen LogP contribution is -2.27. The van der Waals surface area contributed by atoms with Crippen LogP contribution in [0.2, 0.25) is 0 Å². The van der Waals surface area contributed by atoms with Crippen LogP contribution in [0.5, 0.6) is 0 Å². The maximum Gasteiger partial charge on any atom is 0.140 e. The van der Waals surface area contributed by atoms with Gasteiger partial charge in [0.25, 0.3) is 0 Å². The Labute approximate surface area is 145 Å². The zero-order valence-corrected chi connectivity index (χ0v) is 14.4. The first-order valence-corrected chi connectivity index (χ1v) is 8.69. The Morgan fingerprint density at radius 3 is 2.62 bits per heavy atom. The highest BCUT2D eigenvalue weighted by atomic mass is 15.1. The van der Waals surface area contributed by atoms with Crippen LogP contribution in [0.3, 0.4) is 0 Å². The first-order valence-electron chi connectivity index (χ1n) is 8.69. The molecule has 2 rings (SSSR count). The van der Waals surface area contributed by atoms with Gasteiger partial charge in [-0.15, -0.1) is 0 Å². The number of rotatable bonds is 10. The standard InChI is InChI=1S/C20H26N4/c1-2-24(16-13-19-11-8-12-20(17-21)23-19)15-7-6-14-22-18-9-4-3-5-10-18/h3-5,8-12,22H,2,6-7,13-16H2,1H3. The number of nitrogens with one attached hydrogen (secondary N) is 1. The Morgan fingerprint density at radius 2 is 1.88 bits per heavy atom. The van der Waals surface area contributed by atoms with Crippen molar-refractivity contribution in [2.75, 3.05) is 31.5 Å². The van der Waals surface area contributed by atoms with E-state index in [1.54, 1.807) is 6.07 Å². The zero-order chi connectivity index (χ0) is 17.0. The summed E-state index contributed by atoms with van der Waals surface area (Å²) in [6, 6.07) is 18.1. The van der Waals surface area contributed by atoms with Gasteiger partial charge in [-0.3, -0.25) is 0 Å². The summed E-state index contributed by atoms with van der Waals surface area (Å²) < 4.78 is 0. The second-order valence-corrected chi connectivity index (χ2v) is 5.81. The van der Waals surface area contributed by atoms with Gasteiger partial charge in [-0.1, -0.05) is 31.2 Å². The molecule has 0 saturated heterocycles. The molecule has 4 nitrogen and oxygen atoms in total. The Bertz CT molecular complexity index is 634. The van der Waals surface area contributed by atoms with Crippen molar-refractivity contribution in [1.29, 1.82) is 5.26 Å². The van der Waals surface area contributed by atoms with E-state index in [1.807, 2.05) is 18.2 Å². The van der Waals surface area contributed by atoms with Crippen molar-refractivity contribution in [3.8, 4) is 6.07 Å². The van der Waals surface area contributed by atoms with E-state index >= 15 is 0 Å². The third kappa shape index (κ3) is 6.39. The number of hydrogen-bond acceptors (Lipinski definition) is 4. The van der Waals surface area contributed by atoms with Gasteiger partial charge in [0, 0.05) is 30.9 Å². The number of nitriles is 1. The van der Waals surface area contributed by atoms with Gasteiger partial charge in [-0.05, 0) is 50.2 Å². The molecule has 126 valence electrons. The molecule has 2 aromatic rings. The lowest BCUT2D eigenvalue weighted by molar-refractivity contribution is 0.285. The van der Waals surface area contributed by atoms with Crippen molar-refractivity contribution in [2.24, 2.45) is 0 Å². The first-order chi connectivity index (χ1) is 11.8. The summed E-state index contributed by atoms with van der Waals surface area (Å²) in [6.07, 6.45) is 3.23. The van der Waals surface area contributed by atoms with Crippen molar-refractivity contribution in [3.05, 3.63) is 59.9 Å². The number of hydrogen-bond donors (Lipinski definition) is 1. The minimum absolute atomic E-state index is 0.502. The van der Waals surface area contributed by atoms with Crippen LogP contribution in [0.25, 0.3) is 0 Å². The van der Waals surface area contributed by atoms with Crippen LogP contribution in [0.1, 0.15) is 31.2 Å². The lowest BCUT2D eigenvalue weighted by Gasteiger charge is -2.20. The number of likely N-dealkylation sites (N-methyl/N-ethyl adjacent to an activating group) is 1. The largest absolute Gasteiger partial charge is 0.385 e. The molecule has 0 bridgehead atoms. The molecule has 0 aliphatic carbocycles. The number of anilines is 1. The SMILES string of the molecule is CCN(CCCCNc1ccccc1)CCc1cccc(C#N)n1. The van der Waals surface area contributed by atoms with Gasteiger partial charge < -0.3 is 10.2 Å². The minimum atomic E-state index is 0.502. The average molecular weight is 322 g/mol. The summed E-state index contributed by atoms with van der Waals surface area (Å²) >= 11 is 0. The maximum absolute atomic E-state index is 8.91. The van der Waals surface area contributed by atoms with Crippen LogP contribution in [0.4, 0.5) is 5.69 Å². The normalized spacial score (nSPS) is 10.5. The van der Waals surface area contributed by atoms with Crippen molar-refractivity contribution in [1.82, 2.24) is 9.88 Å². The van der Waals surface area contributed by atoms with E-state index < -0.39 is 0 Å². The van der Waals surface area contributed by atoms with Gasteiger partial charge in [0.15, 0.2) is 0 Å². The number of pyridine rings is 1. The molecule has 0 atom stereocenters. The van der Waals surface area contributed by atoms with E-state index in [0.717, 1.165) is 44.7 Å². The van der Waals surface area contributed by atoms with E-state index in [9.17, 15) is 0 Å². The average Bonchev–Trinajstić information content (AvgIpc) is 2.65. The van der Waals surface area contributed by atoms with Gasteiger partial charge in [0.2, 0.25) is 0 Å². The molecule has 0 radical (unpaired) electrons. The van der Waals surface area contributed by atoms with E-state index in [2.05, 4.69) is 52.5 Å². The predicted octanol–water partition coefficient (Wildman–Crippen LogP) is 3.71. The summed E-state index contributed by atoms with van der Waals surface area (Å²) in [5.74, 6) is 0. The summed E-state index contributed by atoms with van der Waals surface area (Å²) in [7, 11) is 0. The summed E-state index contributed by atoms with van der Waals surface area (Å²) in [4.78, 5) is 6.79. The highest BCUT2D eigenvalue weighted by molar-refractivity contribution is 5.42. The number of aromatic nitrogens is 1. The lowest BCUT2D eigenvalue weighted by atomic mass is 10.2. The van der Waals surface area contributed by atoms with Crippen LogP contribution < -0.4 is 5.32 Å². The molecule has 0 aliphatic heterocycles. The minimum Gasteiger partial charge on any atom is -0.385 e. The van der Waals surface area contributed by atoms with E-state index in [1.165, 1.54) is 12.1 Å². The molecule has 1 heterocycles. The van der Waals surface area contributed by atoms with Crippen LogP contribution >= 0.6 is 0 Å². The molecule has 0 amide bonds. The van der Waals surface area contributed by atoms with Gasteiger partial charge >= 0.3 is 0 Å². The Balaban J connectivity index is 1.64. The van der Waals surface area contributed by atoms with Gasteiger partial charge in [-0.2, -0.15) is 5.26 Å². The quantitative estimate of drug-likeness (QED) is 0.678. The molecule has 0 unspecified atom stereocenters. The second-order valence-electron chi connectivity index (χ2n) is 5.81. The molecular weight excluding hydrogens is 296 g/mol. The van der Waals surface area contributed by atoms with Crippen LogP contribution in [0.15, 0.2) is 48.5 Å². The molecule has 1 N–H and O–H groups in total. The van der Waals surface area contributed by atoms with Gasteiger partial charge in [-0.25, -0.2) is 4.98 Å². The third-order valence-corrected chi connectivity index (χ3v) is 4.06. The molecule has 1 aromatic carbocycles. The number of para-hydroxylation sites is 1. The van der Waals surface area contributed by atoms with E-state index in [-0.39, 0.29) is 0 Å². The molecule has 24 heavy (non-hydrogen) atoms. The van der Waals surface area contributed by atoms with Gasteiger partial charge in [0.05, 0.1) is 0 Å². The summed E-state index contributed by atoms with van der Waals surface area (Å²) in [5, 5.41) is 12.4. The Kier molecular flexibility index (Phi) is 7.79. The molecule has 4 heteroatoms. The Morgan fingerprint density at radius 1 is 1.04 bits per heavy atom.